The van der Waals surface area contributed by atoms with Crippen LogP contribution in [-0.4, -0.2) is 17.6 Å². The third kappa shape index (κ3) is 6.48. The van der Waals surface area contributed by atoms with Crippen LogP contribution in [0.3, 0.4) is 0 Å². The van der Waals surface area contributed by atoms with E-state index >= 15 is 0 Å². The predicted octanol–water partition coefficient (Wildman–Crippen LogP) is 5.37. The number of hydrogen-bond acceptors (Lipinski definition) is 4. The van der Waals surface area contributed by atoms with E-state index < -0.39 is 11.8 Å². The van der Waals surface area contributed by atoms with Crippen LogP contribution in [0.1, 0.15) is 15.9 Å². The fourth-order valence-electron chi connectivity index (χ4n) is 2.67. The lowest BCUT2D eigenvalue weighted by molar-refractivity contribution is -0.113. The number of carbonyl (C=O) groups is 2. The highest BCUT2D eigenvalue weighted by Gasteiger charge is 2.16. The van der Waals surface area contributed by atoms with Gasteiger partial charge in [-0.2, -0.15) is 5.26 Å². The minimum atomic E-state index is -0.494. The summed E-state index contributed by atoms with van der Waals surface area (Å²) in [7, 11) is 0. The maximum absolute atomic E-state index is 13.0. The standard InChI is InChI=1S/C24H18ClN3O2S/c25-21-12-5-4-9-18(21)15-22(28-23(29)17-7-2-1-3-8-17)24(30)27-19-10-6-11-20(16-19)31-14-13-26/h1-12,15-16H,14H2,(H,27,30)(H,28,29)/b22-15-. The average molecular weight is 448 g/mol. The van der Waals surface area contributed by atoms with Gasteiger partial charge in [0.1, 0.15) is 5.70 Å². The van der Waals surface area contributed by atoms with Gasteiger partial charge in [0.25, 0.3) is 11.8 Å². The van der Waals surface area contributed by atoms with Crippen LogP contribution >= 0.6 is 23.4 Å². The molecular formula is C24H18ClN3O2S. The van der Waals surface area contributed by atoms with Gasteiger partial charge in [-0.3, -0.25) is 9.59 Å². The molecule has 3 aromatic rings. The molecule has 0 aromatic heterocycles. The van der Waals surface area contributed by atoms with Crippen molar-refractivity contribution in [3.8, 4) is 6.07 Å². The van der Waals surface area contributed by atoms with E-state index in [-0.39, 0.29) is 5.70 Å². The SMILES string of the molecule is N#CCSc1cccc(NC(=O)/C(=C/c2ccccc2Cl)NC(=O)c2ccccc2)c1. The molecule has 154 valence electrons. The van der Waals surface area contributed by atoms with E-state index in [0.29, 0.717) is 27.6 Å². The molecule has 2 N–H and O–H groups in total. The van der Waals surface area contributed by atoms with Crippen molar-refractivity contribution < 1.29 is 9.59 Å². The molecule has 0 atom stereocenters. The second-order valence-electron chi connectivity index (χ2n) is 6.33. The van der Waals surface area contributed by atoms with E-state index in [2.05, 4.69) is 16.7 Å². The smallest absolute Gasteiger partial charge is 0.272 e. The molecule has 0 fully saturated rings. The average Bonchev–Trinajstić information content (AvgIpc) is 2.79. The maximum atomic E-state index is 13.0. The fourth-order valence-corrected chi connectivity index (χ4v) is 3.47. The van der Waals surface area contributed by atoms with Crippen molar-refractivity contribution in [2.45, 2.75) is 4.90 Å². The topological polar surface area (TPSA) is 82.0 Å². The molecule has 0 aliphatic rings. The predicted molar refractivity (Wildman–Crippen MR) is 125 cm³/mol. The lowest BCUT2D eigenvalue weighted by Crippen LogP contribution is -2.30. The molecule has 0 bridgehead atoms. The summed E-state index contributed by atoms with van der Waals surface area (Å²) in [6.45, 7) is 0. The van der Waals surface area contributed by atoms with Gasteiger partial charge in [-0.1, -0.05) is 54.1 Å². The zero-order valence-electron chi connectivity index (χ0n) is 16.3. The van der Waals surface area contributed by atoms with Gasteiger partial charge < -0.3 is 10.6 Å². The molecule has 0 spiro atoms. The van der Waals surface area contributed by atoms with Gasteiger partial charge in [0.15, 0.2) is 0 Å². The molecule has 0 aliphatic heterocycles. The zero-order valence-corrected chi connectivity index (χ0v) is 17.9. The molecule has 7 heteroatoms. The van der Waals surface area contributed by atoms with E-state index in [1.54, 1.807) is 72.8 Å². The van der Waals surface area contributed by atoms with Crippen LogP contribution in [0, 0.1) is 11.3 Å². The van der Waals surface area contributed by atoms with Gasteiger partial charge in [-0.05, 0) is 48.0 Å². The molecule has 0 heterocycles. The molecule has 0 radical (unpaired) electrons. The fraction of sp³-hybridized carbons (Fsp3) is 0.0417. The second-order valence-corrected chi connectivity index (χ2v) is 7.78. The number of rotatable bonds is 7. The normalized spacial score (nSPS) is 10.8. The molecular weight excluding hydrogens is 430 g/mol. The Morgan fingerprint density at radius 1 is 1.00 bits per heavy atom. The number of hydrogen-bond donors (Lipinski definition) is 2. The number of carbonyl (C=O) groups excluding carboxylic acids is 2. The van der Waals surface area contributed by atoms with E-state index in [0.717, 1.165) is 4.90 Å². The summed E-state index contributed by atoms with van der Waals surface area (Å²) in [6.07, 6.45) is 1.53. The number of nitrogens with zero attached hydrogens (tertiary/aromatic N) is 1. The van der Waals surface area contributed by atoms with Gasteiger partial charge in [-0.25, -0.2) is 0 Å². The first-order valence-electron chi connectivity index (χ1n) is 9.30. The highest BCUT2D eigenvalue weighted by atomic mass is 35.5. The molecule has 0 aliphatic carbocycles. The lowest BCUT2D eigenvalue weighted by Gasteiger charge is -2.12. The van der Waals surface area contributed by atoms with Gasteiger partial charge in [-0.15, -0.1) is 11.8 Å². The van der Waals surface area contributed by atoms with Gasteiger partial charge in [0, 0.05) is 21.2 Å². The van der Waals surface area contributed by atoms with Crippen LogP contribution < -0.4 is 10.6 Å². The maximum Gasteiger partial charge on any atom is 0.272 e. The van der Waals surface area contributed by atoms with E-state index in [9.17, 15) is 9.59 Å². The second kappa shape index (κ2) is 11.0. The molecule has 0 unspecified atom stereocenters. The van der Waals surface area contributed by atoms with E-state index in [1.165, 1.54) is 17.8 Å². The van der Waals surface area contributed by atoms with E-state index in [4.69, 9.17) is 16.9 Å². The van der Waals surface area contributed by atoms with Gasteiger partial charge >= 0.3 is 0 Å². The Labute approximate surface area is 189 Å². The number of halogens is 1. The largest absolute Gasteiger partial charge is 0.321 e. The quantitative estimate of drug-likeness (QED) is 0.377. The molecule has 31 heavy (non-hydrogen) atoms. The Hall–Kier alpha value is -3.53. The molecule has 3 rings (SSSR count). The number of nitrogens with one attached hydrogen (secondary N) is 2. The van der Waals surface area contributed by atoms with Crippen LogP contribution in [0.4, 0.5) is 5.69 Å². The molecule has 0 saturated heterocycles. The van der Waals surface area contributed by atoms with Crippen molar-refractivity contribution in [3.63, 3.8) is 0 Å². The minimum Gasteiger partial charge on any atom is -0.321 e. The first kappa shape index (κ1) is 22.2. The number of nitriles is 1. The van der Waals surface area contributed by atoms with E-state index in [1.807, 2.05) is 6.07 Å². The first-order valence-corrected chi connectivity index (χ1v) is 10.7. The number of benzene rings is 3. The minimum absolute atomic E-state index is 0.0528. The summed E-state index contributed by atoms with van der Waals surface area (Å²) >= 11 is 7.61. The Kier molecular flexibility index (Phi) is 7.88. The van der Waals surface area contributed by atoms with Crippen LogP contribution in [0.15, 0.2) is 89.5 Å². The summed E-state index contributed by atoms with van der Waals surface area (Å²) in [4.78, 5) is 26.5. The summed E-state index contributed by atoms with van der Waals surface area (Å²) in [5, 5.41) is 14.7. The Balaban J connectivity index is 1.87. The first-order chi connectivity index (χ1) is 15.1. The highest BCUT2D eigenvalue weighted by Crippen LogP contribution is 2.22. The Morgan fingerprint density at radius 2 is 1.74 bits per heavy atom. The highest BCUT2D eigenvalue weighted by molar-refractivity contribution is 7.99. The third-order valence-electron chi connectivity index (χ3n) is 4.13. The molecule has 3 aromatic carbocycles. The summed E-state index contributed by atoms with van der Waals surface area (Å²) in [6, 6.07) is 24.9. The molecule has 5 nitrogen and oxygen atoms in total. The lowest BCUT2D eigenvalue weighted by atomic mass is 10.1. The van der Waals surface area contributed by atoms with Crippen molar-refractivity contribution in [3.05, 3.63) is 101 Å². The third-order valence-corrected chi connectivity index (χ3v) is 5.33. The van der Waals surface area contributed by atoms with Crippen LogP contribution in [0.5, 0.6) is 0 Å². The summed E-state index contributed by atoms with van der Waals surface area (Å²) < 4.78 is 0. The van der Waals surface area contributed by atoms with Gasteiger partial charge in [0.2, 0.25) is 0 Å². The monoisotopic (exact) mass is 447 g/mol. The molecule has 2 amide bonds. The Bertz CT molecular complexity index is 1160. The zero-order chi connectivity index (χ0) is 22.1. The van der Waals surface area contributed by atoms with Crippen molar-refractivity contribution >= 4 is 46.9 Å². The van der Waals surface area contributed by atoms with Crippen molar-refractivity contribution in [1.29, 1.82) is 5.26 Å². The van der Waals surface area contributed by atoms with Crippen LogP contribution in [-0.2, 0) is 4.79 Å². The molecule has 0 saturated carbocycles. The number of amides is 2. The number of thioether (sulfide) groups is 1. The van der Waals surface area contributed by atoms with Crippen LogP contribution in [0.25, 0.3) is 6.08 Å². The summed E-state index contributed by atoms with van der Waals surface area (Å²) in [5.74, 6) is -0.596. The van der Waals surface area contributed by atoms with Gasteiger partial charge in [0.05, 0.1) is 11.8 Å². The van der Waals surface area contributed by atoms with Crippen molar-refractivity contribution in [2.24, 2.45) is 0 Å². The number of anilines is 1. The van der Waals surface area contributed by atoms with Crippen molar-refractivity contribution in [2.75, 3.05) is 11.1 Å². The Morgan fingerprint density at radius 3 is 2.48 bits per heavy atom. The summed E-state index contributed by atoms with van der Waals surface area (Å²) in [5.41, 5.74) is 1.63. The van der Waals surface area contributed by atoms with Crippen molar-refractivity contribution in [1.82, 2.24) is 5.32 Å². The van der Waals surface area contributed by atoms with Crippen LogP contribution in [0.2, 0.25) is 5.02 Å².